The summed E-state index contributed by atoms with van der Waals surface area (Å²) in [7, 11) is 0. The molecule has 1 unspecified atom stereocenters. The molecule has 1 aromatic heterocycles. The average Bonchev–Trinajstić information content (AvgIpc) is 2.76. The van der Waals surface area contributed by atoms with Gasteiger partial charge in [0.25, 0.3) is 0 Å². The molecule has 2 heterocycles. The summed E-state index contributed by atoms with van der Waals surface area (Å²) in [5.74, 6) is -1.56. The van der Waals surface area contributed by atoms with E-state index in [2.05, 4.69) is 32.2 Å². The third-order valence-electron chi connectivity index (χ3n) is 4.86. The Bertz CT molecular complexity index is 762. The molecule has 1 amide bonds. The fourth-order valence-corrected chi connectivity index (χ4v) is 3.42. The van der Waals surface area contributed by atoms with Crippen LogP contribution in [-0.2, 0) is 14.3 Å². The molecule has 1 saturated heterocycles. The van der Waals surface area contributed by atoms with Crippen molar-refractivity contribution in [2.75, 3.05) is 44.2 Å². The second-order valence-electron chi connectivity index (χ2n) is 6.59. The highest BCUT2D eigenvalue weighted by Gasteiger charge is 2.27. The lowest BCUT2D eigenvalue weighted by atomic mass is 10.1. The van der Waals surface area contributed by atoms with Crippen LogP contribution in [0.1, 0.15) is 18.5 Å². The minimum Gasteiger partial charge on any atom is -0.459 e. The number of benzene rings is 1. The molecule has 1 aliphatic rings. The van der Waals surface area contributed by atoms with E-state index in [1.807, 2.05) is 36.5 Å². The molecule has 0 aliphatic carbocycles. The minimum atomic E-state index is -0.846. The fourth-order valence-electron chi connectivity index (χ4n) is 3.42. The molecule has 1 aromatic carbocycles. The van der Waals surface area contributed by atoms with Crippen molar-refractivity contribution in [1.82, 2.24) is 15.2 Å². The summed E-state index contributed by atoms with van der Waals surface area (Å²) in [6.07, 6.45) is 3.54. The van der Waals surface area contributed by atoms with E-state index in [-0.39, 0.29) is 12.6 Å². The molecule has 0 spiro atoms. The van der Waals surface area contributed by atoms with Crippen molar-refractivity contribution in [2.45, 2.75) is 13.0 Å². The molecule has 2 aromatic rings. The highest BCUT2D eigenvalue weighted by molar-refractivity contribution is 6.32. The van der Waals surface area contributed by atoms with Crippen molar-refractivity contribution in [3.63, 3.8) is 0 Å². The van der Waals surface area contributed by atoms with Gasteiger partial charge in [0.05, 0.1) is 12.6 Å². The number of esters is 1. The number of rotatable bonds is 6. The summed E-state index contributed by atoms with van der Waals surface area (Å²) in [4.78, 5) is 32.5. The second kappa shape index (κ2) is 9.85. The van der Waals surface area contributed by atoms with E-state index in [0.717, 1.165) is 31.7 Å². The van der Waals surface area contributed by atoms with Crippen molar-refractivity contribution in [1.29, 1.82) is 0 Å². The van der Waals surface area contributed by atoms with Crippen molar-refractivity contribution in [2.24, 2.45) is 0 Å². The first-order valence-corrected chi connectivity index (χ1v) is 9.58. The number of carbonyl (C=O) groups excluding carboxylic acids is 2. The Kier molecular flexibility index (Phi) is 6.97. The number of carbonyl (C=O) groups is 2. The molecule has 7 nitrogen and oxygen atoms in total. The summed E-state index contributed by atoms with van der Waals surface area (Å²) in [6.45, 7) is 5.68. The van der Waals surface area contributed by atoms with E-state index in [1.165, 1.54) is 5.69 Å². The first kappa shape index (κ1) is 19.8. The SMILES string of the molecule is CCOC(=O)C(=O)NCC(c1cccnc1)N1CCN(c2ccccc2)CC1. The molecular weight excluding hydrogens is 356 g/mol. The number of nitrogens with zero attached hydrogens (tertiary/aromatic N) is 3. The number of amides is 1. The van der Waals surface area contributed by atoms with Crippen LogP contribution in [0.3, 0.4) is 0 Å². The molecular formula is C21H26N4O3. The molecule has 0 saturated carbocycles. The normalized spacial score (nSPS) is 15.7. The van der Waals surface area contributed by atoms with Gasteiger partial charge in [-0.15, -0.1) is 0 Å². The van der Waals surface area contributed by atoms with Crippen LogP contribution in [0.2, 0.25) is 0 Å². The molecule has 1 aliphatic heterocycles. The zero-order valence-electron chi connectivity index (χ0n) is 16.1. The number of hydrogen-bond donors (Lipinski definition) is 1. The molecule has 1 N–H and O–H groups in total. The van der Waals surface area contributed by atoms with Gasteiger partial charge in [-0.1, -0.05) is 24.3 Å². The Morgan fingerprint density at radius 3 is 2.50 bits per heavy atom. The number of aromatic nitrogens is 1. The predicted octanol–water partition coefficient (Wildman–Crippen LogP) is 1.62. The number of nitrogens with one attached hydrogen (secondary N) is 1. The van der Waals surface area contributed by atoms with Gasteiger partial charge in [-0.25, -0.2) is 4.79 Å². The van der Waals surface area contributed by atoms with E-state index < -0.39 is 11.9 Å². The summed E-state index contributed by atoms with van der Waals surface area (Å²) in [5.41, 5.74) is 2.23. The largest absolute Gasteiger partial charge is 0.459 e. The van der Waals surface area contributed by atoms with E-state index in [4.69, 9.17) is 4.74 Å². The fraction of sp³-hybridized carbons (Fsp3) is 0.381. The molecule has 28 heavy (non-hydrogen) atoms. The number of ether oxygens (including phenoxy) is 1. The highest BCUT2D eigenvalue weighted by atomic mass is 16.5. The van der Waals surface area contributed by atoms with Crippen LogP contribution >= 0.6 is 0 Å². The first-order valence-electron chi connectivity index (χ1n) is 9.58. The zero-order chi connectivity index (χ0) is 19.8. The van der Waals surface area contributed by atoms with Gasteiger partial charge in [0.15, 0.2) is 0 Å². The van der Waals surface area contributed by atoms with E-state index in [1.54, 1.807) is 13.1 Å². The van der Waals surface area contributed by atoms with Crippen LogP contribution in [0.5, 0.6) is 0 Å². The number of para-hydroxylation sites is 1. The maximum absolute atomic E-state index is 12.0. The Morgan fingerprint density at radius 2 is 1.86 bits per heavy atom. The van der Waals surface area contributed by atoms with Gasteiger partial charge in [0, 0.05) is 50.8 Å². The Morgan fingerprint density at radius 1 is 1.11 bits per heavy atom. The Balaban J connectivity index is 1.65. The lowest BCUT2D eigenvalue weighted by molar-refractivity contribution is -0.154. The van der Waals surface area contributed by atoms with Crippen molar-refractivity contribution >= 4 is 17.6 Å². The average molecular weight is 382 g/mol. The maximum Gasteiger partial charge on any atom is 0.396 e. The van der Waals surface area contributed by atoms with Crippen LogP contribution in [0.4, 0.5) is 5.69 Å². The number of pyridine rings is 1. The lowest BCUT2D eigenvalue weighted by Gasteiger charge is -2.40. The number of hydrogen-bond acceptors (Lipinski definition) is 6. The Hall–Kier alpha value is -2.93. The third kappa shape index (κ3) is 5.07. The molecule has 1 atom stereocenters. The van der Waals surface area contributed by atoms with Gasteiger partial charge in [0.1, 0.15) is 0 Å². The van der Waals surface area contributed by atoms with Gasteiger partial charge in [-0.05, 0) is 30.7 Å². The first-order chi connectivity index (χ1) is 13.7. The summed E-state index contributed by atoms with van der Waals surface area (Å²) >= 11 is 0. The molecule has 3 rings (SSSR count). The van der Waals surface area contributed by atoms with Crippen LogP contribution in [-0.4, -0.2) is 61.1 Å². The predicted molar refractivity (Wildman–Crippen MR) is 107 cm³/mol. The van der Waals surface area contributed by atoms with Gasteiger partial charge in [-0.3, -0.25) is 14.7 Å². The van der Waals surface area contributed by atoms with Crippen LogP contribution in [0.25, 0.3) is 0 Å². The molecule has 0 radical (unpaired) electrons. The lowest BCUT2D eigenvalue weighted by Crippen LogP contribution is -2.50. The molecule has 0 bridgehead atoms. The smallest absolute Gasteiger partial charge is 0.396 e. The van der Waals surface area contributed by atoms with Gasteiger partial charge in [-0.2, -0.15) is 0 Å². The van der Waals surface area contributed by atoms with Crippen LogP contribution < -0.4 is 10.2 Å². The third-order valence-corrected chi connectivity index (χ3v) is 4.86. The molecule has 1 fully saturated rings. The monoisotopic (exact) mass is 382 g/mol. The van der Waals surface area contributed by atoms with Gasteiger partial charge < -0.3 is 15.0 Å². The van der Waals surface area contributed by atoms with Crippen molar-refractivity contribution in [3.05, 3.63) is 60.4 Å². The Labute approximate surface area is 165 Å². The van der Waals surface area contributed by atoms with E-state index in [0.29, 0.717) is 6.54 Å². The van der Waals surface area contributed by atoms with Crippen molar-refractivity contribution in [3.8, 4) is 0 Å². The summed E-state index contributed by atoms with van der Waals surface area (Å²) in [6, 6.07) is 14.2. The van der Waals surface area contributed by atoms with Crippen LogP contribution in [0, 0.1) is 0 Å². The van der Waals surface area contributed by atoms with Crippen molar-refractivity contribution < 1.29 is 14.3 Å². The minimum absolute atomic E-state index is 0.0509. The zero-order valence-corrected chi connectivity index (χ0v) is 16.1. The van der Waals surface area contributed by atoms with E-state index >= 15 is 0 Å². The topological polar surface area (TPSA) is 74.8 Å². The maximum atomic E-state index is 12.0. The van der Waals surface area contributed by atoms with E-state index in [9.17, 15) is 9.59 Å². The summed E-state index contributed by atoms with van der Waals surface area (Å²) in [5, 5.41) is 2.71. The number of piperazine rings is 1. The molecule has 148 valence electrons. The van der Waals surface area contributed by atoms with Gasteiger partial charge >= 0.3 is 11.9 Å². The van der Waals surface area contributed by atoms with Crippen LogP contribution in [0.15, 0.2) is 54.9 Å². The second-order valence-corrected chi connectivity index (χ2v) is 6.59. The molecule has 7 heteroatoms. The quantitative estimate of drug-likeness (QED) is 0.605. The highest BCUT2D eigenvalue weighted by Crippen LogP contribution is 2.23. The van der Waals surface area contributed by atoms with Gasteiger partial charge in [0.2, 0.25) is 0 Å². The summed E-state index contributed by atoms with van der Waals surface area (Å²) < 4.78 is 4.77. The number of anilines is 1. The standard InChI is InChI=1S/C21H26N4O3/c1-2-28-21(27)20(26)23-16-19(17-7-6-10-22-15-17)25-13-11-24(12-14-25)18-8-4-3-5-9-18/h3-10,15,19H,2,11-14,16H2,1H3,(H,23,26).